The van der Waals surface area contributed by atoms with Crippen molar-refractivity contribution < 1.29 is 9.53 Å². The quantitative estimate of drug-likeness (QED) is 0.841. The first kappa shape index (κ1) is 13.4. The van der Waals surface area contributed by atoms with Crippen LogP contribution in [0.5, 0.6) is 0 Å². The number of anilines is 2. The number of methoxy groups -OCH3 is 1. The largest absolute Gasteiger partial charge is 0.465 e. The topological polar surface area (TPSA) is 64.3 Å². The molecular weight excluding hydrogens is 260 g/mol. The van der Waals surface area contributed by atoms with Crippen LogP contribution < -0.4 is 11.1 Å². The fourth-order valence-corrected chi connectivity index (χ4v) is 2.75. The molecule has 0 aliphatic heterocycles. The number of thiophene rings is 1. The van der Waals surface area contributed by atoms with Crippen LogP contribution >= 0.6 is 11.3 Å². The molecule has 1 aromatic carbocycles. The number of carbonyl (C=O) groups excluding carboxylic acids is 1. The standard InChI is InChI=1S/C14H16N2O2S/c1-9(10-6-4-3-5-7-10)16-12-8-11(15)13(19-12)14(17)18-2/h3-9,16H,15H2,1-2H3. The molecule has 1 heterocycles. The first-order chi connectivity index (χ1) is 9.11. The van der Waals surface area contributed by atoms with E-state index >= 15 is 0 Å². The molecule has 2 rings (SSSR count). The zero-order chi connectivity index (χ0) is 13.8. The maximum atomic E-state index is 11.5. The summed E-state index contributed by atoms with van der Waals surface area (Å²) in [6, 6.07) is 12.0. The van der Waals surface area contributed by atoms with Gasteiger partial charge in [-0.15, -0.1) is 11.3 Å². The molecule has 0 spiro atoms. The molecule has 0 fully saturated rings. The summed E-state index contributed by atoms with van der Waals surface area (Å²) in [7, 11) is 1.35. The molecule has 0 amide bonds. The summed E-state index contributed by atoms with van der Waals surface area (Å²) in [5.74, 6) is -0.400. The van der Waals surface area contributed by atoms with Crippen LogP contribution in [0.15, 0.2) is 36.4 Å². The Morgan fingerprint density at radius 2 is 2.05 bits per heavy atom. The first-order valence-corrected chi connectivity index (χ1v) is 6.72. The van der Waals surface area contributed by atoms with Gasteiger partial charge in [0.15, 0.2) is 0 Å². The van der Waals surface area contributed by atoms with Crippen molar-refractivity contribution in [2.45, 2.75) is 13.0 Å². The molecule has 0 saturated heterocycles. The Labute approximate surface area is 116 Å². The molecule has 2 aromatic rings. The van der Waals surface area contributed by atoms with Gasteiger partial charge in [0.2, 0.25) is 0 Å². The van der Waals surface area contributed by atoms with Crippen molar-refractivity contribution in [1.29, 1.82) is 0 Å². The Morgan fingerprint density at radius 1 is 1.37 bits per heavy atom. The van der Waals surface area contributed by atoms with Gasteiger partial charge in [-0.05, 0) is 18.6 Å². The van der Waals surface area contributed by atoms with Gasteiger partial charge in [0, 0.05) is 6.04 Å². The van der Waals surface area contributed by atoms with Crippen molar-refractivity contribution in [3.05, 3.63) is 46.8 Å². The summed E-state index contributed by atoms with van der Waals surface area (Å²) in [6.45, 7) is 2.06. The van der Waals surface area contributed by atoms with Crippen LogP contribution in [0.4, 0.5) is 10.7 Å². The van der Waals surface area contributed by atoms with Gasteiger partial charge in [-0.2, -0.15) is 0 Å². The van der Waals surface area contributed by atoms with Gasteiger partial charge in [0.1, 0.15) is 4.88 Å². The number of rotatable bonds is 4. The molecule has 19 heavy (non-hydrogen) atoms. The molecule has 0 bridgehead atoms. The minimum absolute atomic E-state index is 0.143. The van der Waals surface area contributed by atoms with Crippen molar-refractivity contribution in [2.24, 2.45) is 0 Å². The second kappa shape index (κ2) is 5.75. The van der Waals surface area contributed by atoms with E-state index in [1.54, 1.807) is 6.07 Å². The van der Waals surface area contributed by atoms with E-state index in [1.165, 1.54) is 24.0 Å². The molecule has 0 aliphatic rings. The van der Waals surface area contributed by atoms with Crippen LogP contribution in [-0.4, -0.2) is 13.1 Å². The summed E-state index contributed by atoms with van der Waals surface area (Å²) >= 11 is 1.30. The lowest BCUT2D eigenvalue weighted by Crippen LogP contribution is -2.04. The van der Waals surface area contributed by atoms with Crippen LogP contribution in [0.3, 0.4) is 0 Å². The van der Waals surface area contributed by atoms with Crippen LogP contribution in [0, 0.1) is 0 Å². The van der Waals surface area contributed by atoms with E-state index in [4.69, 9.17) is 5.73 Å². The van der Waals surface area contributed by atoms with Gasteiger partial charge in [-0.3, -0.25) is 0 Å². The highest BCUT2D eigenvalue weighted by atomic mass is 32.1. The van der Waals surface area contributed by atoms with Gasteiger partial charge in [-0.1, -0.05) is 30.3 Å². The molecule has 1 unspecified atom stereocenters. The molecule has 100 valence electrons. The summed E-state index contributed by atoms with van der Waals surface area (Å²) in [5.41, 5.74) is 7.42. The highest BCUT2D eigenvalue weighted by molar-refractivity contribution is 7.18. The van der Waals surface area contributed by atoms with Gasteiger partial charge in [-0.25, -0.2) is 4.79 Å². The smallest absolute Gasteiger partial charge is 0.350 e. The van der Waals surface area contributed by atoms with Gasteiger partial charge in [0.25, 0.3) is 0 Å². The summed E-state index contributed by atoms with van der Waals surface area (Å²) in [6.07, 6.45) is 0. The molecule has 0 saturated carbocycles. The fourth-order valence-electron chi connectivity index (χ4n) is 1.77. The third-order valence-electron chi connectivity index (χ3n) is 2.79. The molecule has 3 N–H and O–H groups in total. The highest BCUT2D eigenvalue weighted by Gasteiger charge is 2.16. The molecule has 0 aliphatic carbocycles. The number of nitrogen functional groups attached to an aromatic ring is 1. The maximum Gasteiger partial charge on any atom is 0.350 e. The van der Waals surface area contributed by atoms with Crippen molar-refractivity contribution in [3.63, 3.8) is 0 Å². The summed E-state index contributed by atoms with van der Waals surface area (Å²) < 4.78 is 4.68. The Balaban J connectivity index is 2.14. The fraction of sp³-hybridized carbons (Fsp3) is 0.214. The Morgan fingerprint density at radius 3 is 2.68 bits per heavy atom. The van der Waals surface area contributed by atoms with E-state index < -0.39 is 5.97 Å². The van der Waals surface area contributed by atoms with E-state index in [9.17, 15) is 4.79 Å². The Hall–Kier alpha value is -2.01. The third kappa shape index (κ3) is 3.06. The van der Waals surface area contributed by atoms with Crippen molar-refractivity contribution in [2.75, 3.05) is 18.2 Å². The van der Waals surface area contributed by atoms with Crippen molar-refractivity contribution in [3.8, 4) is 0 Å². The second-order valence-corrected chi connectivity index (χ2v) is 5.22. The molecule has 1 aromatic heterocycles. The zero-order valence-electron chi connectivity index (χ0n) is 10.8. The number of hydrogen-bond acceptors (Lipinski definition) is 5. The molecule has 0 radical (unpaired) electrons. The molecule has 5 heteroatoms. The summed E-state index contributed by atoms with van der Waals surface area (Å²) in [5, 5.41) is 4.18. The monoisotopic (exact) mass is 276 g/mol. The minimum Gasteiger partial charge on any atom is -0.465 e. The van der Waals surface area contributed by atoms with Crippen molar-refractivity contribution in [1.82, 2.24) is 0 Å². The predicted molar refractivity (Wildman–Crippen MR) is 78.6 cm³/mol. The SMILES string of the molecule is COC(=O)c1sc(NC(C)c2ccccc2)cc1N. The van der Waals surface area contributed by atoms with Crippen molar-refractivity contribution >= 4 is 28.0 Å². The molecule has 1 atom stereocenters. The number of nitrogens with one attached hydrogen (secondary N) is 1. The van der Waals surface area contributed by atoms with Gasteiger partial charge < -0.3 is 15.8 Å². The van der Waals surface area contributed by atoms with Crippen LogP contribution in [0.1, 0.15) is 28.2 Å². The third-order valence-corrected chi connectivity index (χ3v) is 3.85. The number of nitrogens with two attached hydrogens (primary N) is 1. The number of esters is 1. The van der Waals surface area contributed by atoms with E-state index in [2.05, 4.69) is 29.1 Å². The highest BCUT2D eigenvalue weighted by Crippen LogP contribution is 2.32. The van der Waals surface area contributed by atoms with Crippen LogP contribution in [0.2, 0.25) is 0 Å². The van der Waals surface area contributed by atoms with Gasteiger partial charge >= 0.3 is 5.97 Å². The normalized spacial score (nSPS) is 11.9. The second-order valence-electron chi connectivity index (χ2n) is 4.16. The van der Waals surface area contributed by atoms with E-state index in [1.807, 2.05) is 18.2 Å². The number of carbonyl (C=O) groups is 1. The number of ether oxygens (including phenoxy) is 1. The lowest BCUT2D eigenvalue weighted by atomic mass is 10.1. The number of benzene rings is 1. The Bertz CT molecular complexity index is 566. The maximum absolute atomic E-state index is 11.5. The minimum atomic E-state index is -0.400. The van der Waals surface area contributed by atoms with E-state index in [0.29, 0.717) is 10.6 Å². The molecule has 4 nitrogen and oxygen atoms in total. The van der Waals surface area contributed by atoms with E-state index in [-0.39, 0.29) is 6.04 Å². The Kier molecular flexibility index (Phi) is 4.06. The summed E-state index contributed by atoms with van der Waals surface area (Å²) in [4.78, 5) is 11.9. The lowest BCUT2D eigenvalue weighted by Gasteiger charge is -2.13. The van der Waals surface area contributed by atoms with E-state index in [0.717, 1.165) is 5.00 Å². The average molecular weight is 276 g/mol. The lowest BCUT2D eigenvalue weighted by molar-refractivity contribution is 0.0607. The number of hydrogen-bond donors (Lipinski definition) is 2. The first-order valence-electron chi connectivity index (χ1n) is 5.91. The van der Waals surface area contributed by atoms with Gasteiger partial charge in [0.05, 0.1) is 17.8 Å². The zero-order valence-corrected chi connectivity index (χ0v) is 11.7. The van der Waals surface area contributed by atoms with Crippen LogP contribution in [0.25, 0.3) is 0 Å². The molecular formula is C14H16N2O2S. The predicted octanol–water partition coefficient (Wildman–Crippen LogP) is 3.29. The van der Waals surface area contributed by atoms with Crippen LogP contribution in [-0.2, 0) is 4.74 Å². The average Bonchev–Trinajstić information content (AvgIpc) is 2.79.